The fraction of sp³-hybridized carbons (Fsp3) is 0.297. The predicted molar refractivity (Wildman–Crippen MR) is 196 cm³/mol. The highest BCUT2D eigenvalue weighted by atomic mass is 32.1. The summed E-state index contributed by atoms with van der Waals surface area (Å²) in [5.74, 6) is -2.60. The molecule has 9 rings (SSSR count). The molecule has 17 heteroatoms. The number of anilines is 2. The second-order valence-electron chi connectivity index (χ2n) is 14.0. The predicted octanol–water partition coefficient (Wildman–Crippen LogP) is 3.65. The van der Waals surface area contributed by atoms with E-state index in [0.717, 1.165) is 56.9 Å². The van der Waals surface area contributed by atoms with Crippen molar-refractivity contribution in [3.63, 3.8) is 0 Å². The van der Waals surface area contributed by atoms with Gasteiger partial charge in [-0.1, -0.05) is 11.3 Å². The van der Waals surface area contributed by atoms with Gasteiger partial charge in [-0.3, -0.25) is 39.2 Å². The number of fused-ring (bicyclic) bond motifs is 2. The number of rotatable bonds is 6. The lowest BCUT2D eigenvalue weighted by Gasteiger charge is -2.54. The maximum absolute atomic E-state index is 13.6. The van der Waals surface area contributed by atoms with Crippen LogP contribution in [-0.4, -0.2) is 103 Å². The van der Waals surface area contributed by atoms with Gasteiger partial charge in [0.2, 0.25) is 22.6 Å². The highest BCUT2D eigenvalue weighted by Gasteiger charge is 2.49. The van der Waals surface area contributed by atoms with Gasteiger partial charge >= 0.3 is 0 Å². The zero-order chi connectivity index (χ0) is 37.3. The van der Waals surface area contributed by atoms with Gasteiger partial charge in [-0.25, -0.2) is 9.36 Å². The summed E-state index contributed by atoms with van der Waals surface area (Å²) in [6.07, 6.45) is 5.29. The molecule has 5 amide bonds. The van der Waals surface area contributed by atoms with Crippen molar-refractivity contribution in [1.82, 2.24) is 39.9 Å². The molecule has 16 nitrogen and oxygen atoms in total. The number of amides is 5. The Morgan fingerprint density at radius 3 is 2.63 bits per heavy atom. The van der Waals surface area contributed by atoms with E-state index >= 15 is 0 Å². The van der Waals surface area contributed by atoms with Crippen molar-refractivity contribution in [2.45, 2.75) is 31.7 Å². The standard InChI is InChI=1S/C37H31N11O5S/c1-38-21-13-22-5-7-28(48(22)41-15-21)27-14-26(39-2)25(16-40-27)32-43-44-36(54-32)45-11-3-10-37(17-45)18-46(19-37)33(51)20-4-6-23-24(12-20)35(53)47(34(23)52)29-8-9-30(49)42-31(29)50/h4-7,12-16,29H,3,8-11,17-19H2,2H3,(H,39,40)(H,42,49,50). The van der Waals surface area contributed by atoms with Gasteiger partial charge in [-0.05, 0) is 61.7 Å². The molecule has 8 heterocycles. The minimum Gasteiger partial charge on any atom is -0.387 e. The lowest BCUT2D eigenvalue weighted by atomic mass is 9.73. The van der Waals surface area contributed by atoms with Crippen LogP contribution >= 0.6 is 11.3 Å². The summed E-state index contributed by atoms with van der Waals surface area (Å²) in [4.78, 5) is 77.2. The van der Waals surface area contributed by atoms with Crippen LogP contribution in [0, 0.1) is 12.0 Å². The van der Waals surface area contributed by atoms with Gasteiger partial charge in [-0.2, -0.15) is 5.10 Å². The second kappa shape index (κ2) is 12.6. The number of piperidine rings is 2. The van der Waals surface area contributed by atoms with E-state index in [0.29, 0.717) is 36.6 Å². The van der Waals surface area contributed by atoms with Crippen molar-refractivity contribution < 1.29 is 24.0 Å². The Morgan fingerprint density at radius 2 is 1.83 bits per heavy atom. The molecule has 2 N–H and O–H groups in total. The summed E-state index contributed by atoms with van der Waals surface area (Å²) in [5.41, 5.74) is 4.84. The van der Waals surface area contributed by atoms with Crippen LogP contribution in [0.4, 0.5) is 16.5 Å². The first kappa shape index (κ1) is 33.3. The smallest absolute Gasteiger partial charge is 0.262 e. The number of pyridine rings is 1. The molecule has 4 aliphatic rings. The summed E-state index contributed by atoms with van der Waals surface area (Å²) < 4.78 is 1.76. The van der Waals surface area contributed by atoms with Gasteiger partial charge in [0.05, 0.1) is 46.4 Å². The lowest BCUT2D eigenvalue weighted by molar-refractivity contribution is -0.136. The number of likely N-dealkylation sites (tertiary alicyclic amines) is 1. The monoisotopic (exact) mass is 741 g/mol. The van der Waals surface area contributed by atoms with Crippen molar-refractivity contribution in [2.24, 2.45) is 5.41 Å². The molecule has 270 valence electrons. The number of carbonyl (C=O) groups is 5. The molecule has 1 aromatic carbocycles. The summed E-state index contributed by atoms with van der Waals surface area (Å²) >= 11 is 1.49. The Bertz CT molecular complexity index is 2500. The Balaban J connectivity index is 0.874. The van der Waals surface area contributed by atoms with Crippen LogP contribution < -0.4 is 15.5 Å². The number of nitrogens with one attached hydrogen (secondary N) is 2. The van der Waals surface area contributed by atoms with Gasteiger partial charge < -0.3 is 15.1 Å². The molecule has 1 unspecified atom stereocenters. The van der Waals surface area contributed by atoms with E-state index < -0.39 is 29.7 Å². The van der Waals surface area contributed by atoms with Crippen LogP contribution in [0.15, 0.2) is 54.9 Å². The van der Waals surface area contributed by atoms with Gasteiger partial charge in [0.1, 0.15) is 6.04 Å². The van der Waals surface area contributed by atoms with E-state index in [2.05, 4.69) is 35.7 Å². The van der Waals surface area contributed by atoms with Crippen LogP contribution in [0.3, 0.4) is 0 Å². The maximum atomic E-state index is 13.6. The second-order valence-corrected chi connectivity index (χ2v) is 15.0. The molecule has 0 radical (unpaired) electrons. The van der Waals surface area contributed by atoms with Crippen molar-refractivity contribution in [1.29, 1.82) is 0 Å². The molecule has 3 saturated heterocycles. The number of benzene rings is 1. The number of carbonyl (C=O) groups excluding carboxylic acids is 5. The third-order valence-electron chi connectivity index (χ3n) is 10.7. The molecule has 54 heavy (non-hydrogen) atoms. The molecular formula is C37H31N11O5S. The van der Waals surface area contributed by atoms with Crippen LogP contribution in [-0.2, 0) is 9.59 Å². The SMILES string of the molecule is [C-]#[N+]c1cnn2c(-c3cc(NC)c(-c4nnc(N5CCCC6(CN(C(=O)c7ccc8c(c7)C(=O)N(C7CCC(=O)NC7=O)C8=O)C6)C5)s4)cn3)ccc2c1. The number of hydrogen-bond acceptors (Lipinski definition) is 12. The number of nitrogens with zero attached hydrogens (tertiary/aromatic N) is 9. The van der Waals surface area contributed by atoms with E-state index in [1.807, 2.05) is 25.2 Å². The zero-order valence-corrected chi connectivity index (χ0v) is 29.7. The van der Waals surface area contributed by atoms with Crippen molar-refractivity contribution in [3.8, 4) is 22.0 Å². The van der Waals surface area contributed by atoms with E-state index in [-0.39, 0.29) is 35.3 Å². The Morgan fingerprint density at radius 1 is 1.00 bits per heavy atom. The first-order valence-corrected chi connectivity index (χ1v) is 18.2. The zero-order valence-electron chi connectivity index (χ0n) is 28.9. The first-order chi connectivity index (χ1) is 26.1. The summed E-state index contributed by atoms with van der Waals surface area (Å²) in [6, 6.07) is 10.9. The topological polar surface area (TPSA) is 179 Å². The molecule has 4 aliphatic heterocycles. The Kier molecular flexibility index (Phi) is 7.74. The first-order valence-electron chi connectivity index (χ1n) is 17.4. The fourth-order valence-electron chi connectivity index (χ4n) is 7.99. The normalized spacial score (nSPS) is 19.2. The minimum atomic E-state index is -1.07. The fourth-order valence-corrected chi connectivity index (χ4v) is 8.88. The number of imide groups is 2. The van der Waals surface area contributed by atoms with Gasteiger partial charge in [0.25, 0.3) is 17.7 Å². The number of hydrogen-bond donors (Lipinski definition) is 2. The van der Waals surface area contributed by atoms with E-state index in [1.165, 1.54) is 29.7 Å². The molecule has 0 aliphatic carbocycles. The average Bonchev–Trinajstić information content (AvgIpc) is 3.90. The molecule has 3 fully saturated rings. The van der Waals surface area contributed by atoms with E-state index in [4.69, 9.17) is 11.6 Å². The molecule has 0 saturated carbocycles. The van der Waals surface area contributed by atoms with Crippen LogP contribution in [0.5, 0.6) is 0 Å². The Labute approximate surface area is 311 Å². The maximum Gasteiger partial charge on any atom is 0.262 e. The van der Waals surface area contributed by atoms with Crippen LogP contribution in [0.25, 0.3) is 32.3 Å². The summed E-state index contributed by atoms with van der Waals surface area (Å²) in [7, 11) is 1.84. The molecule has 5 aromatic rings. The van der Waals surface area contributed by atoms with E-state index in [1.54, 1.807) is 27.7 Å². The highest BCUT2D eigenvalue weighted by molar-refractivity contribution is 7.18. The van der Waals surface area contributed by atoms with Gasteiger partial charge in [-0.15, -0.1) is 10.2 Å². The van der Waals surface area contributed by atoms with Crippen LogP contribution in [0.1, 0.15) is 56.8 Å². The largest absolute Gasteiger partial charge is 0.387 e. The molecule has 4 aromatic heterocycles. The van der Waals surface area contributed by atoms with Crippen molar-refractivity contribution in [3.05, 3.63) is 83.0 Å². The summed E-state index contributed by atoms with van der Waals surface area (Å²) in [6.45, 7) is 9.87. The van der Waals surface area contributed by atoms with Gasteiger partial charge in [0.15, 0.2) is 5.01 Å². The van der Waals surface area contributed by atoms with Gasteiger partial charge in [0, 0.05) is 62.5 Å². The Hall–Kier alpha value is -6.54. The summed E-state index contributed by atoms with van der Waals surface area (Å²) in [5, 5.41) is 20.5. The third kappa shape index (κ3) is 5.36. The molecule has 1 atom stereocenters. The van der Waals surface area contributed by atoms with E-state index in [9.17, 15) is 24.0 Å². The van der Waals surface area contributed by atoms with Crippen LogP contribution in [0.2, 0.25) is 0 Å². The minimum absolute atomic E-state index is 0.0317. The molecular weight excluding hydrogens is 711 g/mol. The molecule has 0 bridgehead atoms. The van der Waals surface area contributed by atoms with Crippen molar-refractivity contribution in [2.75, 3.05) is 43.4 Å². The molecule has 1 spiro atoms. The number of aromatic nitrogens is 5. The average molecular weight is 742 g/mol. The third-order valence-corrected chi connectivity index (χ3v) is 11.7. The quantitative estimate of drug-likeness (QED) is 0.192. The van der Waals surface area contributed by atoms with Crippen molar-refractivity contribution >= 4 is 62.9 Å². The lowest BCUT2D eigenvalue weighted by Crippen LogP contribution is -2.64. The highest BCUT2D eigenvalue weighted by Crippen LogP contribution is 2.43.